The molecule has 0 spiro atoms. The molecule has 0 amide bonds. The molecule has 0 bridgehead atoms. The molecule has 2 atom stereocenters. The summed E-state index contributed by atoms with van der Waals surface area (Å²) in [6.45, 7) is 11.7. The molecular formula is C23H31N7. The van der Waals surface area contributed by atoms with Crippen LogP contribution in [0.25, 0.3) is 0 Å². The van der Waals surface area contributed by atoms with Crippen LogP contribution in [0, 0.1) is 5.92 Å². The van der Waals surface area contributed by atoms with Crippen LogP contribution in [-0.4, -0.2) is 64.4 Å². The molecule has 4 heterocycles. The van der Waals surface area contributed by atoms with E-state index in [2.05, 4.69) is 53.1 Å². The Bertz CT molecular complexity index is 931. The number of aromatic nitrogens is 3. The maximum atomic E-state index is 5.03. The second-order valence-electron chi connectivity index (χ2n) is 8.80. The molecule has 30 heavy (non-hydrogen) atoms. The predicted octanol–water partition coefficient (Wildman–Crippen LogP) is 2.23. The van der Waals surface area contributed by atoms with Crippen LogP contribution in [0.15, 0.2) is 29.6 Å². The van der Waals surface area contributed by atoms with Crippen molar-refractivity contribution < 1.29 is 0 Å². The number of nitrogens with one attached hydrogen (secondary N) is 1. The highest BCUT2D eigenvalue weighted by molar-refractivity contribution is 5.95. The molecule has 5 rings (SSSR count). The Kier molecular flexibility index (Phi) is 5.15. The SMILES string of the molecule is CCN1N=C(C(C)C)C2c3nc(Cc4ccc(N5CCNCC5)cn4)ncc3CC21. The lowest BCUT2D eigenvalue weighted by molar-refractivity contribution is 0.239. The normalized spacial score (nSPS) is 23.0. The molecule has 0 saturated carbocycles. The highest BCUT2D eigenvalue weighted by Crippen LogP contribution is 2.41. The standard InChI is InChI=1S/C23H31N7/c1-4-30-19-11-16-13-26-20(27-23(16)21(19)22(28-30)15(2)3)12-17-5-6-18(14-25-17)29-9-7-24-8-10-29/h5-6,13-15,19,21,24H,4,7-12H2,1-3H3. The average molecular weight is 406 g/mol. The molecule has 1 fully saturated rings. The van der Waals surface area contributed by atoms with E-state index >= 15 is 0 Å². The molecule has 2 aromatic heterocycles. The number of piperazine rings is 1. The quantitative estimate of drug-likeness (QED) is 0.823. The van der Waals surface area contributed by atoms with Gasteiger partial charge in [-0.15, -0.1) is 0 Å². The number of likely N-dealkylation sites (N-methyl/N-ethyl adjacent to an activating group) is 1. The Morgan fingerprint density at radius 3 is 2.67 bits per heavy atom. The predicted molar refractivity (Wildman–Crippen MR) is 119 cm³/mol. The summed E-state index contributed by atoms with van der Waals surface area (Å²) in [5, 5.41) is 10.6. The zero-order valence-corrected chi connectivity index (χ0v) is 18.2. The maximum absolute atomic E-state index is 5.03. The molecule has 2 unspecified atom stereocenters. The molecule has 2 aromatic rings. The molecule has 7 nitrogen and oxygen atoms in total. The van der Waals surface area contributed by atoms with Crippen LogP contribution in [0.4, 0.5) is 5.69 Å². The van der Waals surface area contributed by atoms with Crippen molar-refractivity contribution in [2.75, 3.05) is 37.6 Å². The summed E-state index contributed by atoms with van der Waals surface area (Å²) in [5.74, 6) is 1.59. The monoisotopic (exact) mass is 405 g/mol. The number of rotatable bonds is 5. The van der Waals surface area contributed by atoms with E-state index < -0.39 is 0 Å². The van der Waals surface area contributed by atoms with Gasteiger partial charge < -0.3 is 10.2 Å². The van der Waals surface area contributed by atoms with Crippen molar-refractivity contribution in [3.63, 3.8) is 0 Å². The summed E-state index contributed by atoms with van der Waals surface area (Å²) in [7, 11) is 0. The van der Waals surface area contributed by atoms with Gasteiger partial charge in [-0.3, -0.25) is 9.99 Å². The number of pyridine rings is 1. The average Bonchev–Trinajstić information content (AvgIpc) is 3.32. The number of hydrazone groups is 1. The van der Waals surface area contributed by atoms with Gasteiger partial charge in [0.15, 0.2) is 0 Å². The van der Waals surface area contributed by atoms with Crippen molar-refractivity contribution in [3.8, 4) is 0 Å². The molecule has 3 aliphatic rings. The Morgan fingerprint density at radius 1 is 1.13 bits per heavy atom. The molecule has 0 aromatic carbocycles. The third kappa shape index (κ3) is 3.45. The summed E-state index contributed by atoms with van der Waals surface area (Å²) in [6, 6.07) is 4.70. The minimum absolute atomic E-state index is 0.310. The van der Waals surface area contributed by atoms with E-state index in [-0.39, 0.29) is 0 Å². The van der Waals surface area contributed by atoms with Gasteiger partial charge in [-0.05, 0) is 37.0 Å². The summed E-state index contributed by atoms with van der Waals surface area (Å²) in [4.78, 5) is 16.8. The number of nitrogens with zero attached hydrogens (tertiary/aromatic N) is 6. The van der Waals surface area contributed by atoms with E-state index in [1.54, 1.807) is 0 Å². The van der Waals surface area contributed by atoms with Gasteiger partial charge in [0.2, 0.25) is 0 Å². The molecule has 1 saturated heterocycles. The topological polar surface area (TPSA) is 69.5 Å². The molecule has 2 aliphatic heterocycles. The van der Waals surface area contributed by atoms with Gasteiger partial charge in [-0.25, -0.2) is 9.97 Å². The van der Waals surface area contributed by atoms with E-state index in [0.717, 1.165) is 50.7 Å². The molecule has 7 heteroatoms. The highest BCUT2D eigenvalue weighted by atomic mass is 15.5. The Balaban J connectivity index is 1.35. The third-order valence-corrected chi connectivity index (χ3v) is 6.55. The summed E-state index contributed by atoms with van der Waals surface area (Å²) in [6.07, 6.45) is 5.68. The summed E-state index contributed by atoms with van der Waals surface area (Å²) < 4.78 is 0. The fourth-order valence-corrected chi connectivity index (χ4v) is 4.97. The van der Waals surface area contributed by atoms with Gasteiger partial charge in [0.05, 0.1) is 41.7 Å². The molecular weight excluding hydrogens is 374 g/mol. The van der Waals surface area contributed by atoms with Crippen molar-refractivity contribution in [1.82, 2.24) is 25.3 Å². The second kappa shape index (κ2) is 7.95. The van der Waals surface area contributed by atoms with Gasteiger partial charge in [-0.2, -0.15) is 5.10 Å². The van der Waals surface area contributed by atoms with Crippen LogP contribution in [0.5, 0.6) is 0 Å². The van der Waals surface area contributed by atoms with Gasteiger partial charge in [0, 0.05) is 44.6 Å². The minimum Gasteiger partial charge on any atom is -0.368 e. The lowest BCUT2D eigenvalue weighted by atomic mass is 9.90. The lowest BCUT2D eigenvalue weighted by Gasteiger charge is -2.29. The fourth-order valence-electron chi connectivity index (χ4n) is 4.97. The third-order valence-electron chi connectivity index (χ3n) is 6.55. The van der Waals surface area contributed by atoms with Gasteiger partial charge in [-0.1, -0.05) is 13.8 Å². The van der Waals surface area contributed by atoms with Crippen LogP contribution in [-0.2, 0) is 12.8 Å². The van der Waals surface area contributed by atoms with Crippen molar-refractivity contribution in [2.24, 2.45) is 11.0 Å². The lowest BCUT2D eigenvalue weighted by Crippen LogP contribution is -2.43. The zero-order valence-electron chi connectivity index (χ0n) is 18.2. The number of hydrogen-bond acceptors (Lipinski definition) is 7. The minimum atomic E-state index is 0.310. The van der Waals surface area contributed by atoms with Crippen LogP contribution in [0.3, 0.4) is 0 Å². The maximum Gasteiger partial charge on any atom is 0.134 e. The van der Waals surface area contributed by atoms with Crippen molar-refractivity contribution in [1.29, 1.82) is 0 Å². The van der Waals surface area contributed by atoms with Gasteiger partial charge in [0.1, 0.15) is 5.82 Å². The van der Waals surface area contributed by atoms with E-state index in [0.29, 0.717) is 24.3 Å². The van der Waals surface area contributed by atoms with Crippen molar-refractivity contribution in [2.45, 2.75) is 45.6 Å². The molecule has 158 valence electrons. The van der Waals surface area contributed by atoms with Crippen LogP contribution in [0.1, 0.15) is 49.5 Å². The van der Waals surface area contributed by atoms with Crippen molar-refractivity contribution in [3.05, 3.63) is 47.3 Å². The van der Waals surface area contributed by atoms with E-state index in [9.17, 15) is 0 Å². The van der Waals surface area contributed by atoms with Gasteiger partial charge in [0.25, 0.3) is 0 Å². The van der Waals surface area contributed by atoms with E-state index in [1.807, 2.05) is 12.4 Å². The zero-order chi connectivity index (χ0) is 20.7. The Hall–Kier alpha value is -2.54. The Labute approximate surface area is 178 Å². The summed E-state index contributed by atoms with van der Waals surface area (Å²) in [5.41, 5.74) is 5.95. The van der Waals surface area contributed by atoms with E-state index in [4.69, 9.17) is 15.1 Å². The highest BCUT2D eigenvalue weighted by Gasteiger charge is 2.45. The summed E-state index contributed by atoms with van der Waals surface area (Å²) >= 11 is 0. The van der Waals surface area contributed by atoms with Crippen LogP contribution < -0.4 is 10.2 Å². The number of anilines is 1. The first-order valence-corrected chi connectivity index (χ1v) is 11.2. The first-order valence-electron chi connectivity index (χ1n) is 11.2. The first kappa shape index (κ1) is 19.4. The van der Waals surface area contributed by atoms with E-state index in [1.165, 1.54) is 22.7 Å². The Morgan fingerprint density at radius 2 is 1.97 bits per heavy atom. The smallest absolute Gasteiger partial charge is 0.134 e. The second-order valence-corrected chi connectivity index (χ2v) is 8.80. The van der Waals surface area contributed by atoms with Crippen LogP contribution >= 0.6 is 0 Å². The number of hydrogen-bond donors (Lipinski definition) is 1. The van der Waals surface area contributed by atoms with Crippen molar-refractivity contribution >= 4 is 11.4 Å². The largest absolute Gasteiger partial charge is 0.368 e. The van der Waals surface area contributed by atoms with Crippen LogP contribution in [0.2, 0.25) is 0 Å². The van der Waals surface area contributed by atoms with Gasteiger partial charge >= 0.3 is 0 Å². The molecule has 0 radical (unpaired) electrons. The first-order chi connectivity index (χ1) is 14.6. The number of fused-ring (bicyclic) bond motifs is 3. The molecule has 1 aliphatic carbocycles. The molecule has 1 N–H and O–H groups in total. The fraction of sp³-hybridized carbons (Fsp3) is 0.565.